The lowest BCUT2D eigenvalue weighted by atomic mass is 10.2. The van der Waals surface area contributed by atoms with Gasteiger partial charge < -0.3 is 19.5 Å². The summed E-state index contributed by atoms with van der Waals surface area (Å²) in [7, 11) is -4.30. The Balaban J connectivity index is 1.57. The molecule has 2 amide bonds. The van der Waals surface area contributed by atoms with Crippen LogP contribution in [0.4, 0.5) is 4.79 Å². The highest BCUT2D eigenvalue weighted by Crippen LogP contribution is 2.14. The van der Waals surface area contributed by atoms with Gasteiger partial charge in [0.25, 0.3) is 21.8 Å². The van der Waals surface area contributed by atoms with Gasteiger partial charge in [-0.3, -0.25) is 9.59 Å². The summed E-state index contributed by atoms with van der Waals surface area (Å²) >= 11 is 0. The molecule has 2 aromatic carbocycles. The molecule has 0 aliphatic carbocycles. The molecule has 0 aliphatic heterocycles. The van der Waals surface area contributed by atoms with Crippen molar-refractivity contribution in [3.8, 4) is 11.6 Å². The largest absolute Gasteiger partial charge is 0.515 e. The summed E-state index contributed by atoms with van der Waals surface area (Å²) < 4.78 is 42.6. The number of aromatic nitrogens is 1. The van der Waals surface area contributed by atoms with E-state index >= 15 is 0 Å². The minimum absolute atomic E-state index is 0.0893. The highest BCUT2D eigenvalue weighted by atomic mass is 32.2. The highest BCUT2D eigenvalue weighted by Gasteiger charge is 2.21. The van der Waals surface area contributed by atoms with Crippen molar-refractivity contribution in [2.24, 2.45) is 0 Å². The number of nitrogens with one attached hydrogen (secondary N) is 2. The number of hydrogen-bond acceptors (Lipinski definition) is 9. The van der Waals surface area contributed by atoms with E-state index < -0.39 is 28.0 Å². The number of rotatable bonds is 10. The van der Waals surface area contributed by atoms with Crippen LogP contribution in [-0.4, -0.2) is 50.6 Å². The molecule has 0 unspecified atom stereocenters. The third-order valence-corrected chi connectivity index (χ3v) is 5.88. The Morgan fingerprint density at radius 1 is 0.919 bits per heavy atom. The number of pyridine rings is 1. The van der Waals surface area contributed by atoms with Crippen molar-refractivity contribution >= 4 is 28.0 Å². The number of carbonyl (C=O) groups excluding carboxylic acids is 3. The lowest BCUT2D eigenvalue weighted by Crippen LogP contribution is -2.31. The molecule has 11 nitrogen and oxygen atoms in total. The van der Waals surface area contributed by atoms with E-state index in [1.165, 1.54) is 30.3 Å². The Kier molecular flexibility index (Phi) is 9.16. The number of carbonyl (C=O) groups is 3. The summed E-state index contributed by atoms with van der Waals surface area (Å²) in [6.07, 6.45) is -0.305. The van der Waals surface area contributed by atoms with Crippen molar-refractivity contribution in [2.75, 3.05) is 13.2 Å². The number of hydrogen-bond donors (Lipinski definition) is 2. The van der Waals surface area contributed by atoms with E-state index in [1.54, 1.807) is 26.0 Å². The summed E-state index contributed by atoms with van der Waals surface area (Å²) in [5.74, 6) is -0.933. The fourth-order valence-electron chi connectivity index (χ4n) is 2.87. The number of para-hydroxylation sites is 1. The molecule has 0 saturated heterocycles. The van der Waals surface area contributed by atoms with Gasteiger partial charge in [-0.1, -0.05) is 24.3 Å². The Labute approximate surface area is 213 Å². The monoisotopic (exact) mass is 527 g/mol. The van der Waals surface area contributed by atoms with Crippen molar-refractivity contribution < 1.29 is 37.0 Å². The Bertz CT molecular complexity index is 1340. The molecule has 194 valence electrons. The maximum Gasteiger partial charge on any atom is 0.515 e. The first kappa shape index (κ1) is 27.1. The molecular weight excluding hydrogens is 502 g/mol. The number of nitrogens with zero attached hydrogens (tertiary/aromatic N) is 1. The highest BCUT2D eigenvalue weighted by molar-refractivity contribution is 7.90. The van der Waals surface area contributed by atoms with Crippen LogP contribution >= 0.6 is 0 Å². The zero-order valence-corrected chi connectivity index (χ0v) is 20.9. The molecule has 12 heteroatoms. The molecular formula is C25H25N3O8S. The average Bonchev–Trinajstić information content (AvgIpc) is 2.87. The predicted octanol–water partition coefficient (Wildman–Crippen LogP) is 2.93. The molecule has 0 atom stereocenters. The molecule has 1 aromatic heterocycles. The Morgan fingerprint density at radius 2 is 1.68 bits per heavy atom. The molecule has 3 rings (SSSR count). The first-order chi connectivity index (χ1) is 17.6. The van der Waals surface area contributed by atoms with E-state index in [0.717, 1.165) is 12.3 Å². The van der Waals surface area contributed by atoms with Crippen LogP contribution in [0.5, 0.6) is 11.6 Å². The van der Waals surface area contributed by atoms with Crippen LogP contribution in [0.25, 0.3) is 0 Å². The van der Waals surface area contributed by atoms with E-state index in [2.05, 4.69) is 10.3 Å². The number of ether oxygens (including phenoxy) is 3. The molecule has 1 heterocycles. The topological polar surface area (TPSA) is 150 Å². The minimum atomic E-state index is -4.30. The number of amides is 2. The van der Waals surface area contributed by atoms with E-state index in [4.69, 9.17) is 14.2 Å². The molecule has 0 aliphatic rings. The summed E-state index contributed by atoms with van der Waals surface area (Å²) in [5, 5.41) is 2.64. The Morgan fingerprint density at radius 3 is 2.35 bits per heavy atom. The molecule has 37 heavy (non-hydrogen) atoms. The summed E-state index contributed by atoms with van der Waals surface area (Å²) in [6.45, 7) is 3.71. The predicted molar refractivity (Wildman–Crippen MR) is 132 cm³/mol. The molecule has 0 fully saturated rings. The summed E-state index contributed by atoms with van der Waals surface area (Å²) in [4.78, 5) is 39.9. The maximum atomic E-state index is 12.7. The van der Waals surface area contributed by atoms with Crippen LogP contribution in [0, 0.1) is 0 Å². The maximum absolute atomic E-state index is 12.7. The van der Waals surface area contributed by atoms with Gasteiger partial charge in [0.2, 0.25) is 5.88 Å². The fourth-order valence-corrected chi connectivity index (χ4v) is 3.89. The van der Waals surface area contributed by atoms with Crippen molar-refractivity contribution in [3.63, 3.8) is 0 Å². The van der Waals surface area contributed by atoms with Gasteiger partial charge in [-0.15, -0.1) is 0 Å². The third-order valence-electron chi connectivity index (χ3n) is 4.55. The van der Waals surface area contributed by atoms with Gasteiger partial charge in [-0.2, -0.15) is 0 Å². The van der Waals surface area contributed by atoms with E-state index in [0.29, 0.717) is 5.75 Å². The van der Waals surface area contributed by atoms with Crippen LogP contribution in [-0.2, 0) is 14.8 Å². The van der Waals surface area contributed by atoms with Crippen molar-refractivity contribution in [1.82, 2.24) is 15.0 Å². The van der Waals surface area contributed by atoms with Crippen LogP contribution in [0.1, 0.15) is 34.6 Å². The van der Waals surface area contributed by atoms with Gasteiger partial charge in [0, 0.05) is 17.8 Å². The van der Waals surface area contributed by atoms with Crippen molar-refractivity contribution in [1.29, 1.82) is 0 Å². The van der Waals surface area contributed by atoms with Gasteiger partial charge in [-0.25, -0.2) is 22.9 Å². The normalized spacial score (nSPS) is 10.9. The van der Waals surface area contributed by atoms with Gasteiger partial charge in [0.05, 0.1) is 23.1 Å². The lowest BCUT2D eigenvalue weighted by Gasteiger charge is -2.10. The van der Waals surface area contributed by atoms with Gasteiger partial charge in [-0.05, 0) is 50.2 Å². The van der Waals surface area contributed by atoms with E-state index in [1.807, 2.05) is 22.9 Å². The second-order valence-corrected chi connectivity index (χ2v) is 9.47. The molecule has 0 saturated carbocycles. The van der Waals surface area contributed by atoms with Crippen LogP contribution < -0.4 is 19.5 Å². The summed E-state index contributed by atoms with van der Waals surface area (Å²) in [6, 6.07) is 16.8. The second kappa shape index (κ2) is 12.5. The molecule has 3 aromatic rings. The third kappa shape index (κ3) is 8.32. The standard InChI is InChI=1S/C25H25N3O8S/c1-17(2)35-25(31)36-22-12-11-19(16-27-22)24(30)28-37(32,33)21-10-6-7-18(15-21)23(29)26-13-14-34-20-8-4-3-5-9-20/h3-12,15-17H,13-14H2,1-2H3,(H,26,29)(H,28,30). The van der Waals surface area contributed by atoms with Crippen LogP contribution in [0.2, 0.25) is 0 Å². The summed E-state index contributed by atoms with van der Waals surface area (Å²) in [5.41, 5.74) is -0.00745. The number of benzene rings is 2. The van der Waals surface area contributed by atoms with Crippen molar-refractivity contribution in [3.05, 3.63) is 84.1 Å². The molecule has 0 bridgehead atoms. The zero-order valence-electron chi connectivity index (χ0n) is 20.0. The fraction of sp³-hybridized carbons (Fsp3) is 0.200. The first-order valence-electron chi connectivity index (χ1n) is 11.1. The Hall–Kier alpha value is -4.45. The zero-order chi connectivity index (χ0) is 26.8. The van der Waals surface area contributed by atoms with Crippen molar-refractivity contribution in [2.45, 2.75) is 24.8 Å². The van der Waals surface area contributed by atoms with Gasteiger partial charge in [0.1, 0.15) is 12.4 Å². The van der Waals surface area contributed by atoms with E-state index in [-0.39, 0.29) is 41.2 Å². The number of sulfonamides is 1. The first-order valence-corrected chi connectivity index (χ1v) is 12.6. The quantitative estimate of drug-likeness (QED) is 0.300. The second-order valence-electron chi connectivity index (χ2n) is 7.78. The van der Waals surface area contributed by atoms with Gasteiger partial charge in [0.15, 0.2) is 0 Å². The van der Waals surface area contributed by atoms with E-state index in [9.17, 15) is 22.8 Å². The van der Waals surface area contributed by atoms with Crippen LogP contribution in [0.15, 0.2) is 77.8 Å². The average molecular weight is 528 g/mol. The van der Waals surface area contributed by atoms with Gasteiger partial charge >= 0.3 is 6.16 Å². The molecule has 0 spiro atoms. The minimum Gasteiger partial charge on any atom is -0.492 e. The smallest absolute Gasteiger partial charge is 0.492 e. The molecule has 0 radical (unpaired) electrons. The molecule has 2 N–H and O–H groups in total. The SMILES string of the molecule is CC(C)OC(=O)Oc1ccc(C(=O)NS(=O)(=O)c2cccc(C(=O)NCCOc3ccccc3)c2)cn1. The van der Waals surface area contributed by atoms with Crippen LogP contribution in [0.3, 0.4) is 0 Å². The lowest BCUT2D eigenvalue weighted by molar-refractivity contribution is 0.0715.